The van der Waals surface area contributed by atoms with Crippen LogP contribution in [0.4, 0.5) is 0 Å². The lowest BCUT2D eigenvalue weighted by molar-refractivity contribution is 0.393. The van der Waals surface area contributed by atoms with Crippen LogP contribution in [0.15, 0.2) is 22.7 Å². The second kappa shape index (κ2) is 7.30. The quantitative estimate of drug-likeness (QED) is 0.835. The van der Waals surface area contributed by atoms with Gasteiger partial charge in [0.25, 0.3) is 0 Å². The van der Waals surface area contributed by atoms with Gasteiger partial charge in [0.05, 0.1) is 11.6 Å². The second-order valence-corrected chi connectivity index (χ2v) is 7.10. The fourth-order valence-corrected chi connectivity index (χ4v) is 2.62. The summed E-state index contributed by atoms with van der Waals surface area (Å²) in [6, 6.07) is 6.34. The van der Waals surface area contributed by atoms with Crippen LogP contribution in [0.3, 0.4) is 0 Å². The largest absolute Gasteiger partial charge is 0.496 e. The molecule has 0 saturated carbocycles. The van der Waals surface area contributed by atoms with Gasteiger partial charge in [-0.1, -0.05) is 13.0 Å². The van der Waals surface area contributed by atoms with Crippen molar-refractivity contribution in [2.24, 2.45) is 5.92 Å². The molecule has 0 aliphatic heterocycles. The van der Waals surface area contributed by atoms with Crippen molar-refractivity contribution in [2.45, 2.75) is 46.1 Å². The van der Waals surface area contributed by atoms with E-state index in [4.69, 9.17) is 4.74 Å². The summed E-state index contributed by atoms with van der Waals surface area (Å²) in [5.41, 5.74) is 1.57. The zero-order valence-corrected chi connectivity index (χ0v) is 14.3. The number of benzene rings is 1. The van der Waals surface area contributed by atoms with E-state index >= 15 is 0 Å². The van der Waals surface area contributed by atoms with E-state index in [1.165, 1.54) is 12.0 Å². The molecule has 0 heterocycles. The summed E-state index contributed by atoms with van der Waals surface area (Å²) in [6.07, 6.45) is 2.30. The molecule has 1 aromatic carbocycles. The highest BCUT2D eigenvalue weighted by atomic mass is 79.9. The maximum atomic E-state index is 5.25. The molecule has 1 unspecified atom stereocenters. The first-order valence-corrected chi connectivity index (χ1v) is 7.68. The molecule has 0 spiro atoms. The Hall–Kier alpha value is -0.540. The minimum atomic E-state index is 0.211. The summed E-state index contributed by atoms with van der Waals surface area (Å²) >= 11 is 3.54. The molecule has 0 aliphatic carbocycles. The number of nitrogens with one attached hydrogen (secondary N) is 1. The zero-order chi connectivity index (χ0) is 14.5. The van der Waals surface area contributed by atoms with E-state index in [1.54, 1.807) is 7.11 Å². The molecule has 0 radical (unpaired) electrons. The Morgan fingerprint density at radius 1 is 1.32 bits per heavy atom. The monoisotopic (exact) mass is 327 g/mol. The Labute approximate surface area is 126 Å². The van der Waals surface area contributed by atoms with Crippen LogP contribution in [-0.4, -0.2) is 19.2 Å². The van der Waals surface area contributed by atoms with Gasteiger partial charge in [-0.15, -0.1) is 0 Å². The SMILES string of the molecule is COc1ccc(CC(C)CCNC(C)(C)C)cc1Br. The van der Waals surface area contributed by atoms with E-state index in [2.05, 4.69) is 61.1 Å². The standard InChI is InChI=1S/C16H26BrNO/c1-12(8-9-18-16(2,3)4)10-13-6-7-15(19-5)14(17)11-13/h6-7,11-12,18H,8-10H2,1-5H3. The van der Waals surface area contributed by atoms with Gasteiger partial charge in [-0.3, -0.25) is 0 Å². The molecule has 0 aliphatic rings. The number of hydrogen-bond donors (Lipinski definition) is 1. The molecule has 0 fully saturated rings. The average Bonchev–Trinajstić information content (AvgIpc) is 2.27. The molecule has 1 aromatic rings. The molecule has 3 heteroatoms. The summed E-state index contributed by atoms with van der Waals surface area (Å²) in [7, 11) is 1.69. The highest BCUT2D eigenvalue weighted by Crippen LogP contribution is 2.26. The average molecular weight is 328 g/mol. The lowest BCUT2D eigenvalue weighted by Gasteiger charge is -2.22. The second-order valence-electron chi connectivity index (χ2n) is 6.24. The minimum absolute atomic E-state index is 0.211. The van der Waals surface area contributed by atoms with Gasteiger partial charge < -0.3 is 10.1 Å². The van der Waals surface area contributed by atoms with Crippen molar-refractivity contribution >= 4 is 15.9 Å². The zero-order valence-electron chi connectivity index (χ0n) is 12.7. The molecule has 19 heavy (non-hydrogen) atoms. The predicted molar refractivity (Wildman–Crippen MR) is 85.9 cm³/mol. The third kappa shape index (κ3) is 6.44. The minimum Gasteiger partial charge on any atom is -0.496 e. The van der Waals surface area contributed by atoms with Crippen LogP contribution in [0.1, 0.15) is 39.7 Å². The molecule has 108 valence electrons. The van der Waals surface area contributed by atoms with E-state index in [0.29, 0.717) is 5.92 Å². The van der Waals surface area contributed by atoms with Crippen molar-refractivity contribution in [1.29, 1.82) is 0 Å². The molecule has 2 nitrogen and oxygen atoms in total. The Balaban J connectivity index is 2.44. The van der Waals surface area contributed by atoms with E-state index in [-0.39, 0.29) is 5.54 Å². The summed E-state index contributed by atoms with van der Waals surface area (Å²) < 4.78 is 6.29. The van der Waals surface area contributed by atoms with Crippen molar-refractivity contribution in [2.75, 3.05) is 13.7 Å². The number of methoxy groups -OCH3 is 1. The predicted octanol–water partition coefficient (Wildman–Crippen LogP) is 4.41. The molecule has 0 aromatic heterocycles. The number of ether oxygens (including phenoxy) is 1. The number of rotatable bonds is 6. The van der Waals surface area contributed by atoms with Gasteiger partial charge in [0.15, 0.2) is 0 Å². The van der Waals surface area contributed by atoms with E-state index in [0.717, 1.165) is 23.2 Å². The van der Waals surface area contributed by atoms with Crippen LogP contribution >= 0.6 is 15.9 Å². The number of hydrogen-bond acceptors (Lipinski definition) is 2. The van der Waals surface area contributed by atoms with Gasteiger partial charge in [0.2, 0.25) is 0 Å². The molecular weight excluding hydrogens is 302 g/mol. The van der Waals surface area contributed by atoms with Crippen LogP contribution in [0.2, 0.25) is 0 Å². The first kappa shape index (κ1) is 16.5. The highest BCUT2D eigenvalue weighted by Gasteiger charge is 2.10. The highest BCUT2D eigenvalue weighted by molar-refractivity contribution is 9.10. The van der Waals surface area contributed by atoms with E-state index in [9.17, 15) is 0 Å². The smallest absolute Gasteiger partial charge is 0.133 e. The van der Waals surface area contributed by atoms with Crippen molar-refractivity contribution < 1.29 is 4.74 Å². The van der Waals surface area contributed by atoms with Gasteiger partial charge in [0, 0.05) is 5.54 Å². The molecule has 0 amide bonds. The van der Waals surface area contributed by atoms with Gasteiger partial charge in [-0.25, -0.2) is 0 Å². The van der Waals surface area contributed by atoms with Gasteiger partial charge >= 0.3 is 0 Å². The van der Waals surface area contributed by atoms with Crippen molar-refractivity contribution in [3.05, 3.63) is 28.2 Å². The fraction of sp³-hybridized carbons (Fsp3) is 0.625. The molecular formula is C16H26BrNO. The van der Waals surface area contributed by atoms with Crippen LogP contribution in [0.5, 0.6) is 5.75 Å². The van der Waals surface area contributed by atoms with Crippen LogP contribution in [0.25, 0.3) is 0 Å². The van der Waals surface area contributed by atoms with Gasteiger partial charge in [0.1, 0.15) is 5.75 Å². The van der Waals surface area contributed by atoms with Crippen LogP contribution in [-0.2, 0) is 6.42 Å². The summed E-state index contributed by atoms with van der Waals surface area (Å²) in [4.78, 5) is 0. The summed E-state index contributed by atoms with van der Waals surface area (Å²) in [6.45, 7) is 10.00. The van der Waals surface area contributed by atoms with Crippen LogP contribution < -0.4 is 10.1 Å². The normalized spacial score (nSPS) is 13.4. The maximum absolute atomic E-state index is 5.25. The van der Waals surface area contributed by atoms with Crippen LogP contribution in [0, 0.1) is 5.92 Å². The van der Waals surface area contributed by atoms with Crippen molar-refractivity contribution in [3.8, 4) is 5.75 Å². The maximum Gasteiger partial charge on any atom is 0.133 e. The molecule has 1 atom stereocenters. The third-order valence-electron chi connectivity index (χ3n) is 3.09. The summed E-state index contributed by atoms with van der Waals surface area (Å²) in [5.74, 6) is 1.57. The molecule has 0 bridgehead atoms. The van der Waals surface area contributed by atoms with Gasteiger partial charge in [-0.2, -0.15) is 0 Å². The van der Waals surface area contributed by atoms with Gasteiger partial charge in [-0.05, 0) is 79.7 Å². The third-order valence-corrected chi connectivity index (χ3v) is 3.71. The molecule has 1 N–H and O–H groups in total. The Bertz CT molecular complexity index is 398. The number of halogens is 1. The first-order valence-electron chi connectivity index (χ1n) is 6.89. The topological polar surface area (TPSA) is 21.3 Å². The Morgan fingerprint density at radius 2 is 2.00 bits per heavy atom. The summed E-state index contributed by atoms with van der Waals surface area (Å²) in [5, 5.41) is 3.54. The lowest BCUT2D eigenvalue weighted by atomic mass is 9.97. The van der Waals surface area contributed by atoms with E-state index in [1.807, 2.05) is 6.07 Å². The first-order chi connectivity index (χ1) is 8.81. The Kier molecular flexibility index (Phi) is 6.34. The fourth-order valence-electron chi connectivity index (χ4n) is 2.03. The molecule has 0 saturated heterocycles. The van der Waals surface area contributed by atoms with E-state index < -0.39 is 0 Å². The van der Waals surface area contributed by atoms with Crippen molar-refractivity contribution in [1.82, 2.24) is 5.32 Å². The Morgan fingerprint density at radius 3 is 2.53 bits per heavy atom. The molecule has 1 rings (SSSR count). The van der Waals surface area contributed by atoms with Crippen molar-refractivity contribution in [3.63, 3.8) is 0 Å². The lowest BCUT2D eigenvalue weighted by Crippen LogP contribution is -2.37.